The molecule has 4 nitrogen and oxygen atoms in total. The minimum Gasteiger partial charge on any atom is -0.455 e. The molecular formula is C36H25N3O. The van der Waals surface area contributed by atoms with E-state index in [4.69, 9.17) is 14.4 Å². The van der Waals surface area contributed by atoms with Gasteiger partial charge in [0.25, 0.3) is 0 Å². The van der Waals surface area contributed by atoms with Crippen molar-refractivity contribution in [3.63, 3.8) is 0 Å². The van der Waals surface area contributed by atoms with Crippen LogP contribution in [0.4, 0.5) is 0 Å². The third-order valence-corrected chi connectivity index (χ3v) is 8.19. The molecular weight excluding hydrogens is 490 g/mol. The second-order valence-corrected chi connectivity index (χ2v) is 10.9. The zero-order chi connectivity index (χ0) is 26.8. The Balaban J connectivity index is 1.40. The van der Waals surface area contributed by atoms with Crippen molar-refractivity contribution in [3.8, 4) is 45.0 Å². The summed E-state index contributed by atoms with van der Waals surface area (Å²) in [5.41, 5.74) is 11.1. The van der Waals surface area contributed by atoms with Crippen molar-refractivity contribution in [2.75, 3.05) is 0 Å². The lowest BCUT2D eigenvalue weighted by atomic mass is 9.80. The Morgan fingerprint density at radius 3 is 2.12 bits per heavy atom. The summed E-state index contributed by atoms with van der Waals surface area (Å²) in [6.07, 6.45) is 3.67. The largest absolute Gasteiger partial charge is 0.455 e. The Labute approximate surface area is 232 Å². The van der Waals surface area contributed by atoms with Gasteiger partial charge >= 0.3 is 0 Å². The average Bonchev–Trinajstić information content (AvgIpc) is 3.50. The fourth-order valence-electron chi connectivity index (χ4n) is 6.22. The molecule has 0 spiro atoms. The van der Waals surface area contributed by atoms with E-state index in [0.717, 1.165) is 66.7 Å². The number of para-hydroxylation sites is 2. The van der Waals surface area contributed by atoms with Gasteiger partial charge < -0.3 is 4.42 Å². The third kappa shape index (κ3) is 3.29. The molecule has 0 saturated carbocycles. The number of furan rings is 1. The molecule has 4 heteroatoms. The number of aromatic nitrogens is 3. The molecule has 4 aromatic carbocycles. The zero-order valence-electron chi connectivity index (χ0n) is 22.2. The maximum absolute atomic E-state index is 6.49. The van der Waals surface area contributed by atoms with E-state index < -0.39 is 0 Å². The fourth-order valence-corrected chi connectivity index (χ4v) is 6.22. The van der Waals surface area contributed by atoms with Crippen LogP contribution in [0.5, 0.6) is 0 Å². The highest BCUT2D eigenvalue weighted by Crippen LogP contribution is 2.52. The van der Waals surface area contributed by atoms with Gasteiger partial charge in [0.05, 0.1) is 11.4 Å². The molecule has 190 valence electrons. The van der Waals surface area contributed by atoms with E-state index in [1.807, 2.05) is 24.4 Å². The summed E-state index contributed by atoms with van der Waals surface area (Å²) in [6, 6.07) is 35.6. The van der Waals surface area contributed by atoms with Gasteiger partial charge in [-0.2, -0.15) is 0 Å². The Morgan fingerprint density at radius 2 is 1.30 bits per heavy atom. The maximum atomic E-state index is 6.49. The number of hydrogen-bond acceptors (Lipinski definition) is 4. The van der Waals surface area contributed by atoms with Crippen LogP contribution in [0.3, 0.4) is 0 Å². The first-order valence-electron chi connectivity index (χ1n) is 13.5. The molecule has 0 unspecified atom stereocenters. The Kier molecular flexibility index (Phi) is 4.83. The second kappa shape index (κ2) is 8.45. The monoisotopic (exact) mass is 515 g/mol. The lowest BCUT2D eigenvalue weighted by Gasteiger charge is -2.23. The first-order valence-corrected chi connectivity index (χ1v) is 13.5. The molecule has 7 aromatic rings. The van der Waals surface area contributed by atoms with E-state index in [2.05, 4.69) is 104 Å². The molecule has 0 N–H and O–H groups in total. The number of pyridine rings is 1. The molecule has 3 aromatic heterocycles. The minimum atomic E-state index is -0.266. The van der Waals surface area contributed by atoms with Crippen LogP contribution in [0.1, 0.15) is 25.0 Å². The second-order valence-electron chi connectivity index (χ2n) is 10.9. The molecule has 0 radical (unpaired) electrons. The van der Waals surface area contributed by atoms with Crippen LogP contribution in [0, 0.1) is 0 Å². The van der Waals surface area contributed by atoms with Crippen molar-refractivity contribution in [3.05, 3.63) is 127 Å². The van der Waals surface area contributed by atoms with Crippen LogP contribution in [0.25, 0.3) is 67.0 Å². The highest BCUT2D eigenvalue weighted by Gasteiger charge is 2.40. The standard InChI is InChI=1S/C36H25N3O/c1-36(2)29-14-5-3-11-27(29)32-31(36)33(28-13-7-12-26-25-10-4-6-15-30(25)40-34(26)28)39-35(38-32)23-18-16-22(17-19-23)24-9-8-20-37-21-24/h3-21H,1-2H3. The first-order chi connectivity index (χ1) is 19.6. The van der Waals surface area contributed by atoms with Crippen molar-refractivity contribution in [2.24, 2.45) is 0 Å². The zero-order valence-corrected chi connectivity index (χ0v) is 22.2. The van der Waals surface area contributed by atoms with Crippen LogP contribution in [0.2, 0.25) is 0 Å². The molecule has 8 rings (SSSR count). The lowest BCUT2D eigenvalue weighted by molar-refractivity contribution is 0.655. The van der Waals surface area contributed by atoms with E-state index in [1.54, 1.807) is 6.20 Å². The van der Waals surface area contributed by atoms with Crippen molar-refractivity contribution in [1.29, 1.82) is 0 Å². The smallest absolute Gasteiger partial charge is 0.160 e. The van der Waals surface area contributed by atoms with Gasteiger partial charge in [-0.05, 0) is 34.9 Å². The summed E-state index contributed by atoms with van der Waals surface area (Å²) in [5.74, 6) is 0.701. The van der Waals surface area contributed by atoms with Crippen LogP contribution >= 0.6 is 0 Å². The Bertz CT molecular complexity index is 2070. The van der Waals surface area contributed by atoms with Gasteiger partial charge in [-0.3, -0.25) is 4.98 Å². The first kappa shape index (κ1) is 22.9. The number of fused-ring (bicyclic) bond motifs is 6. The molecule has 1 aliphatic rings. The van der Waals surface area contributed by atoms with E-state index in [-0.39, 0.29) is 5.41 Å². The summed E-state index contributed by atoms with van der Waals surface area (Å²) in [5, 5.41) is 2.20. The van der Waals surface area contributed by atoms with E-state index >= 15 is 0 Å². The highest BCUT2D eigenvalue weighted by atomic mass is 16.3. The molecule has 0 fully saturated rings. The van der Waals surface area contributed by atoms with Gasteiger partial charge in [0.1, 0.15) is 11.2 Å². The lowest BCUT2D eigenvalue weighted by Crippen LogP contribution is -2.17. The summed E-state index contributed by atoms with van der Waals surface area (Å²) in [4.78, 5) is 14.8. The van der Waals surface area contributed by atoms with Gasteiger partial charge in [-0.25, -0.2) is 9.97 Å². The molecule has 0 atom stereocenters. The topological polar surface area (TPSA) is 51.8 Å². The van der Waals surface area contributed by atoms with E-state index in [1.165, 1.54) is 5.56 Å². The molecule has 0 aliphatic heterocycles. The minimum absolute atomic E-state index is 0.266. The molecule has 0 amide bonds. The number of hydrogen-bond donors (Lipinski definition) is 0. The third-order valence-electron chi connectivity index (χ3n) is 8.19. The highest BCUT2D eigenvalue weighted by molar-refractivity contribution is 6.10. The molecule has 0 saturated heterocycles. The fraction of sp³-hybridized carbons (Fsp3) is 0.0833. The number of nitrogens with zero attached hydrogens (tertiary/aromatic N) is 3. The van der Waals surface area contributed by atoms with Crippen LogP contribution in [-0.4, -0.2) is 15.0 Å². The average molecular weight is 516 g/mol. The van der Waals surface area contributed by atoms with Gasteiger partial charge in [-0.15, -0.1) is 0 Å². The summed E-state index contributed by atoms with van der Waals surface area (Å²) in [7, 11) is 0. The normalized spacial score (nSPS) is 13.4. The van der Waals surface area contributed by atoms with Gasteiger partial charge in [-0.1, -0.05) is 98.8 Å². The number of benzene rings is 4. The number of rotatable bonds is 3. The predicted molar refractivity (Wildman–Crippen MR) is 161 cm³/mol. The molecule has 0 bridgehead atoms. The molecule has 40 heavy (non-hydrogen) atoms. The van der Waals surface area contributed by atoms with Gasteiger partial charge in [0.2, 0.25) is 0 Å². The summed E-state index contributed by atoms with van der Waals surface area (Å²) >= 11 is 0. The summed E-state index contributed by atoms with van der Waals surface area (Å²) in [6.45, 7) is 4.54. The van der Waals surface area contributed by atoms with Crippen LogP contribution in [0.15, 0.2) is 120 Å². The van der Waals surface area contributed by atoms with Crippen LogP contribution < -0.4 is 0 Å². The quantitative estimate of drug-likeness (QED) is 0.235. The summed E-state index contributed by atoms with van der Waals surface area (Å²) < 4.78 is 6.49. The van der Waals surface area contributed by atoms with Crippen molar-refractivity contribution >= 4 is 21.9 Å². The predicted octanol–water partition coefficient (Wildman–Crippen LogP) is 9.08. The van der Waals surface area contributed by atoms with Crippen molar-refractivity contribution < 1.29 is 4.42 Å². The van der Waals surface area contributed by atoms with E-state index in [9.17, 15) is 0 Å². The Morgan fingerprint density at radius 1 is 0.600 bits per heavy atom. The van der Waals surface area contributed by atoms with Crippen molar-refractivity contribution in [1.82, 2.24) is 15.0 Å². The Hall–Kier alpha value is -5.09. The maximum Gasteiger partial charge on any atom is 0.160 e. The van der Waals surface area contributed by atoms with Crippen molar-refractivity contribution in [2.45, 2.75) is 19.3 Å². The van der Waals surface area contributed by atoms with Crippen LogP contribution in [-0.2, 0) is 5.41 Å². The SMILES string of the molecule is CC1(C)c2ccccc2-c2nc(-c3ccc(-c4cccnc4)cc3)nc(-c3cccc4c3oc3ccccc34)c21. The van der Waals surface area contributed by atoms with Gasteiger partial charge in [0.15, 0.2) is 5.82 Å². The van der Waals surface area contributed by atoms with Gasteiger partial charge in [0, 0.05) is 50.8 Å². The molecule has 3 heterocycles. The van der Waals surface area contributed by atoms with E-state index in [0.29, 0.717) is 5.82 Å². The molecule has 1 aliphatic carbocycles.